The summed E-state index contributed by atoms with van der Waals surface area (Å²) in [4.78, 5) is 21.7. The SMILES string of the molecule is CCN(CC)CCCN(C(=O)COc1ccc(Cl)cc1)c1nc(-c2ccc(F)cc2)cs1. The van der Waals surface area contributed by atoms with Crippen LogP contribution in [-0.2, 0) is 4.79 Å². The van der Waals surface area contributed by atoms with Gasteiger partial charge in [-0.2, -0.15) is 0 Å². The lowest BCUT2D eigenvalue weighted by Crippen LogP contribution is -2.37. The summed E-state index contributed by atoms with van der Waals surface area (Å²) in [6.07, 6.45) is 0.819. The summed E-state index contributed by atoms with van der Waals surface area (Å²) in [5.41, 5.74) is 1.52. The van der Waals surface area contributed by atoms with Crippen LogP contribution in [0.5, 0.6) is 5.75 Å². The number of nitrogens with zero attached hydrogens (tertiary/aromatic N) is 3. The predicted molar refractivity (Wildman–Crippen MR) is 129 cm³/mol. The highest BCUT2D eigenvalue weighted by Gasteiger charge is 2.20. The zero-order valence-corrected chi connectivity index (χ0v) is 19.8. The van der Waals surface area contributed by atoms with Crippen molar-refractivity contribution in [1.29, 1.82) is 0 Å². The van der Waals surface area contributed by atoms with E-state index in [2.05, 4.69) is 23.7 Å². The molecule has 0 radical (unpaired) electrons. The van der Waals surface area contributed by atoms with Gasteiger partial charge in [0.15, 0.2) is 11.7 Å². The maximum absolute atomic E-state index is 13.3. The van der Waals surface area contributed by atoms with Gasteiger partial charge in [-0.15, -0.1) is 11.3 Å². The number of aromatic nitrogens is 1. The number of anilines is 1. The maximum Gasteiger partial charge on any atom is 0.266 e. The van der Waals surface area contributed by atoms with Crippen molar-refractivity contribution in [2.45, 2.75) is 20.3 Å². The third kappa shape index (κ3) is 6.76. The number of rotatable bonds is 11. The molecular formula is C24H27ClFN3O2S. The molecule has 32 heavy (non-hydrogen) atoms. The van der Waals surface area contributed by atoms with E-state index in [-0.39, 0.29) is 18.3 Å². The zero-order valence-electron chi connectivity index (χ0n) is 18.3. The minimum atomic E-state index is -0.295. The van der Waals surface area contributed by atoms with Crippen LogP contribution in [0.4, 0.5) is 9.52 Å². The second kappa shape index (κ2) is 11.9. The Morgan fingerprint density at radius 1 is 1.06 bits per heavy atom. The lowest BCUT2D eigenvalue weighted by molar-refractivity contribution is -0.120. The van der Waals surface area contributed by atoms with Crippen molar-refractivity contribution in [3.05, 3.63) is 64.8 Å². The molecule has 0 N–H and O–H groups in total. The molecule has 0 unspecified atom stereocenters. The first-order valence-corrected chi connectivity index (χ1v) is 11.9. The van der Waals surface area contributed by atoms with Crippen LogP contribution < -0.4 is 9.64 Å². The van der Waals surface area contributed by atoms with Crippen molar-refractivity contribution >= 4 is 34.0 Å². The minimum Gasteiger partial charge on any atom is -0.484 e. The summed E-state index contributed by atoms with van der Waals surface area (Å²) in [5.74, 6) is 0.119. The normalized spacial score (nSPS) is 11.0. The average molecular weight is 476 g/mol. The lowest BCUT2D eigenvalue weighted by atomic mass is 10.2. The van der Waals surface area contributed by atoms with E-state index in [0.29, 0.717) is 28.1 Å². The van der Waals surface area contributed by atoms with Crippen molar-refractivity contribution < 1.29 is 13.9 Å². The zero-order chi connectivity index (χ0) is 22.9. The molecule has 5 nitrogen and oxygen atoms in total. The summed E-state index contributed by atoms with van der Waals surface area (Å²) in [7, 11) is 0. The van der Waals surface area contributed by atoms with Crippen LogP contribution in [-0.4, -0.2) is 48.6 Å². The van der Waals surface area contributed by atoms with Crippen molar-refractivity contribution in [3.63, 3.8) is 0 Å². The fourth-order valence-corrected chi connectivity index (χ4v) is 4.22. The number of hydrogen-bond donors (Lipinski definition) is 0. The van der Waals surface area contributed by atoms with Gasteiger partial charge in [-0.05, 0) is 74.6 Å². The van der Waals surface area contributed by atoms with Gasteiger partial charge in [-0.3, -0.25) is 9.69 Å². The highest BCUT2D eigenvalue weighted by atomic mass is 35.5. The van der Waals surface area contributed by atoms with Gasteiger partial charge in [0, 0.05) is 22.5 Å². The molecule has 0 aliphatic carbocycles. The molecule has 0 bridgehead atoms. The molecule has 0 aliphatic heterocycles. The van der Waals surface area contributed by atoms with Crippen LogP contribution in [0.15, 0.2) is 53.9 Å². The van der Waals surface area contributed by atoms with E-state index in [1.807, 2.05) is 5.38 Å². The number of halogens is 2. The minimum absolute atomic E-state index is 0.0988. The lowest BCUT2D eigenvalue weighted by Gasteiger charge is -2.23. The van der Waals surface area contributed by atoms with Crippen LogP contribution in [0.3, 0.4) is 0 Å². The molecular weight excluding hydrogens is 449 g/mol. The van der Waals surface area contributed by atoms with Crippen LogP contribution >= 0.6 is 22.9 Å². The monoisotopic (exact) mass is 475 g/mol. The molecule has 1 amide bonds. The van der Waals surface area contributed by atoms with Crippen LogP contribution in [0.2, 0.25) is 5.02 Å². The van der Waals surface area contributed by atoms with Gasteiger partial charge < -0.3 is 9.64 Å². The van der Waals surface area contributed by atoms with Gasteiger partial charge in [0.1, 0.15) is 11.6 Å². The topological polar surface area (TPSA) is 45.7 Å². The molecule has 0 atom stereocenters. The third-order valence-electron chi connectivity index (χ3n) is 5.09. The summed E-state index contributed by atoms with van der Waals surface area (Å²) in [6, 6.07) is 13.1. The van der Waals surface area contributed by atoms with Crippen molar-refractivity contribution in [2.24, 2.45) is 0 Å². The van der Waals surface area contributed by atoms with Crippen molar-refractivity contribution in [1.82, 2.24) is 9.88 Å². The fourth-order valence-electron chi connectivity index (χ4n) is 3.21. The van der Waals surface area contributed by atoms with E-state index in [1.54, 1.807) is 41.3 Å². The van der Waals surface area contributed by atoms with Crippen LogP contribution in [0.25, 0.3) is 11.3 Å². The second-order valence-corrected chi connectivity index (χ2v) is 8.46. The Kier molecular flexibility index (Phi) is 9.02. The standard InChI is InChI=1S/C24H27ClFN3O2S/c1-3-28(4-2)14-5-15-29(23(30)16-31-21-12-8-19(25)9-13-21)24-27-22(17-32-24)18-6-10-20(26)11-7-18/h6-13,17H,3-5,14-16H2,1-2H3. The summed E-state index contributed by atoms with van der Waals surface area (Å²) < 4.78 is 18.9. The van der Waals surface area contributed by atoms with Crippen molar-refractivity contribution in [2.75, 3.05) is 37.7 Å². The Hall–Kier alpha value is -2.48. The van der Waals surface area contributed by atoms with E-state index in [1.165, 1.54) is 23.5 Å². The Bertz CT molecular complexity index is 991. The number of hydrogen-bond acceptors (Lipinski definition) is 5. The molecule has 0 fully saturated rings. The molecule has 1 aromatic heterocycles. The first kappa shape index (κ1) is 24.2. The molecule has 1 heterocycles. The number of carbonyl (C=O) groups is 1. The molecule has 8 heteroatoms. The van der Waals surface area contributed by atoms with E-state index in [9.17, 15) is 9.18 Å². The Morgan fingerprint density at radius 3 is 2.41 bits per heavy atom. The third-order valence-corrected chi connectivity index (χ3v) is 6.21. The molecule has 0 saturated heterocycles. The first-order chi connectivity index (χ1) is 15.5. The summed E-state index contributed by atoms with van der Waals surface area (Å²) >= 11 is 7.30. The van der Waals surface area contributed by atoms with E-state index in [0.717, 1.165) is 31.6 Å². The first-order valence-electron chi connectivity index (χ1n) is 10.6. The highest BCUT2D eigenvalue weighted by molar-refractivity contribution is 7.14. The molecule has 0 spiro atoms. The van der Waals surface area contributed by atoms with E-state index < -0.39 is 0 Å². The number of thiazole rings is 1. The summed E-state index contributed by atoms with van der Waals surface area (Å²) in [5, 5.41) is 3.10. The highest BCUT2D eigenvalue weighted by Crippen LogP contribution is 2.28. The molecule has 0 aliphatic rings. The molecule has 170 valence electrons. The largest absolute Gasteiger partial charge is 0.484 e. The fraction of sp³-hybridized carbons (Fsp3) is 0.333. The summed E-state index contributed by atoms with van der Waals surface area (Å²) in [6.45, 7) is 7.52. The van der Waals surface area contributed by atoms with Gasteiger partial charge in [0.2, 0.25) is 0 Å². The predicted octanol–water partition coefficient (Wildman–Crippen LogP) is 5.75. The Morgan fingerprint density at radius 2 is 1.75 bits per heavy atom. The maximum atomic E-state index is 13.3. The smallest absolute Gasteiger partial charge is 0.266 e. The van der Waals surface area contributed by atoms with Crippen molar-refractivity contribution in [3.8, 4) is 17.0 Å². The Labute approximate surface area is 197 Å². The van der Waals surface area contributed by atoms with Gasteiger partial charge in [-0.1, -0.05) is 25.4 Å². The number of benzene rings is 2. The van der Waals surface area contributed by atoms with Crippen LogP contribution in [0, 0.1) is 5.82 Å². The quantitative estimate of drug-likeness (QED) is 0.354. The second-order valence-electron chi connectivity index (χ2n) is 7.19. The number of carbonyl (C=O) groups excluding carboxylic acids is 1. The molecule has 2 aromatic carbocycles. The van der Waals surface area contributed by atoms with Gasteiger partial charge in [0.25, 0.3) is 5.91 Å². The van der Waals surface area contributed by atoms with Gasteiger partial charge in [0.05, 0.1) is 5.69 Å². The van der Waals surface area contributed by atoms with Crippen LogP contribution in [0.1, 0.15) is 20.3 Å². The van der Waals surface area contributed by atoms with E-state index in [4.69, 9.17) is 16.3 Å². The molecule has 3 aromatic rings. The van der Waals surface area contributed by atoms with Gasteiger partial charge >= 0.3 is 0 Å². The number of ether oxygens (including phenoxy) is 1. The Balaban J connectivity index is 1.73. The molecule has 3 rings (SSSR count). The number of amides is 1. The molecule has 0 saturated carbocycles. The van der Waals surface area contributed by atoms with Gasteiger partial charge in [-0.25, -0.2) is 9.37 Å². The van der Waals surface area contributed by atoms with E-state index >= 15 is 0 Å². The average Bonchev–Trinajstić information content (AvgIpc) is 3.29.